The molecule has 0 N–H and O–H groups in total. The Balaban J connectivity index is 1.82. The summed E-state index contributed by atoms with van der Waals surface area (Å²) in [6.07, 6.45) is 8.48. The lowest BCUT2D eigenvalue weighted by molar-refractivity contribution is 0.693. The van der Waals surface area contributed by atoms with Crippen molar-refractivity contribution in [1.82, 2.24) is 24.5 Å². The van der Waals surface area contributed by atoms with Crippen LogP contribution in [0, 0.1) is 0 Å². The van der Waals surface area contributed by atoms with Crippen molar-refractivity contribution < 1.29 is 0 Å². The second-order valence-electron chi connectivity index (χ2n) is 3.94. The molecule has 0 spiro atoms. The Kier molecular flexibility index (Phi) is 3.94. The molecule has 7 heteroatoms. The molecule has 20 heavy (non-hydrogen) atoms. The fraction of sp³-hybridized carbons (Fsp3) is 0.0769. The summed E-state index contributed by atoms with van der Waals surface area (Å²) in [6, 6.07) is 5.84. The summed E-state index contributed by atoms with van der Waals surface area (Å²) in [7, 11) is 0. The molecule has 3 aromatic rings. The monoisotopic (exact) mass is 303 g/mol. The molecule has 0 fully saturated rings. The highest BCUT2D eigenvalue weighted by Gasteiger charge is 2.10. The average molecular weight is 304 g/mol. The Morgan fingerprint density at radius 1 is 1.15 bits per heavy atom. The SMILES string of the molecule is Clc1cncnc1Sc1nccn1Cc1ccccn1. The number of pyridine rings is 1. The van der Waals surface area contributed by atoms with Gasteiger partial charge >= 0.3 is 0 Å². The minimum Gasteiger partial charge on any atom is -0.320 e. The summed E-state index contributed by atoms with van der Waals surface area (Å²) >= 11 is 7.47. The van der Waals surface area contributed by atoms with Crippen molar-refractivity contribution in [2.75, 3.05) is 0 Å². The van der Waals surface area contributed by atoms with Crippen LogP contribution in [-0.2, 0) is 6.54 Å². The van der Waals surface area contributed by atoms with Gasteiger partial charge in [-0.05, 0) is 23.9 Å². The molecule has 0 radical (unpaired) electrons. The number of hydrogen-bond donors (Lipinski definition) is 0. The minimum absolute atomic E-state index is 0.518. The maximum Gasteiger partial charge on any atom is 0.174 e. The molecule has 0 bridgehead atoms. The zero-order valence-electron chi connectivity index (χ0n) is 10.3. The van der Waals surface area contributed by atoms with E-state index >= 15 is 0 Å². The molecule has 0 saturated heterocycles. The molecule has 0 aliphatic heterocycles. The van der Waals surface area contributed by atoms with Gasteiger partial charge in [-0.1, -0.05) is 17.7 Å². The standard InChI is InChI=1S/C13H10ClN5S/c14-11-7-15-9-18-12(11)20-13-17-5-6-19(13)8-10-3-1-2-4-16-10/h1-7,9H,8H2. The summed E-state index contributed by atoms with van der Waals surface area (Å²) in [5.74, 6) is 0. The van der Waals surface area contributed by atoms with E-state index in [2.05, 4.69) is 19.9 Å². The lowest BCUT2D eigenvalue weighted by Gasteiger charge is -2.07. The molecule has 3 heterocycles. The molecule has 3 aromatic heterocycles. The Hall–Kier alpha value is -1.92. The zero-order valence-corrected chi connectivity index (χ0v) is 11.9. The molecular formula is C13H10ClN5S. The number of nitrogens with zero attached hydrogens (tertiary/aromatic N) is 5. The van der Waals surface area contributed by atoms with E-state index in [-0.39, 0.29) is 0 Å². The summed E-state index contributed by atoms with van der Waals surface area (Å²) in [5.41, 5.74) is 0.973. The van der Waals surface area contributed by atoms with Crippen LogP contribution in [0.4, 0.5) is 0 Å². The second-order valence-corrected chi connectivity index (χ2v) is 5.30. The van der Waals surface area contributed by atoms with Gasteiger partial charge in [-0.15, -0.1) is 0 Å². The van der Waals surface area contributed by atoms with E-state index in [0.29, 0.717) is 16.6 Å². The molecule has 0 aromatic carbocycles. The van der Waals surface area contributed by atoms with Crippen molar-refractivity contribution in [3.8, 4) is 0 Å². The van der Waals surface area contributed by atoms with E-state index < -0.39 is 0 Å². The smallest absolute Gasteiger partial charge is 0.174 e. The average Bonchev–Trinajstić information content (AvgIpc) is 2.90. The summed E-state index contributed by atoms with van der Waals surface area (Å²) < 4.78 is 2.01. The molecule has 0 unspecified atom stereocenters. The van der Waals surface area contributed by atoms with Crippen molar-refractivity contribution in [1.29, 1.82) is 0 Å². The summed E-state index contributed by atoms with van der Waals surface area (Å²) in [6.45, 7) is 0.659. The van der Waals surface area contributed by atoms with E-state index in [0.717, 1.165) is 10.9 Å². The third-order valence-corrected chi connectivity index (χ3v) is 3.99. The van der Waals surface area contributed by atoms with E-state index in [4.69, 9.17) is 11.6 Å². The first-order valence-corrected chi connectivity index (χ1v) is 7.07. The Morgan fingerprint density at radius 3 is 2.90 bits per heavy atom. The van der Waals surface area contributed by atoms with Gasteiger partial charge in [0.15, 0.2) is 5.16 Å². The van der Waals surface area contributed by atoms with Crippen LogP contribution in [-0.4, -0.2) is 24.5 Å². The van der Waals surface area contributed by atoms with Crippen molar-refractivity contribution in [3.63, 3.8) is 0 Å². The van der Waals surface area contributed by atoms with Crippen molar-refractivity contribution >= 4 is 23.4 Å². The quantitative estimate of drug-likeness (QED) is 0.694. The largest absolute Gasteiger partial charge is 0.320 e. The summed E-state index contributed by atoms with van der Waals surface area (Å²) in [4.78, 5) is 16.7. The van der Waals surface area contributed by atoms with E-state index in [9.17, 15) is 0 Å². The van der Waals surface area contributed by atoms with Crippen LogP contribution >= 0.6 is 23.4 Å². The lowest BCUT2D eigenvalue weighted by Crippen LogP contribution is -2.02. The van der Waals surface area contributed by atoms with Gasteiger partial charge < -0.3 is 4.57 Å². The number of hydrogen-bond acceptors (Lipinski definition) is 5. The number of imidazole rings is 1. The third kappa shape index (κ3) is 2.97. The van der Waals surface area contributed by atoms with Crippen molar-refractivity contribution in [2.24, 2.45) is 0 Å². The normalized spacial score (nSPS) is 10.7. The number of halogens is 1. The maximum absolute atomic E-state index is 6.06. The van der Waals surface area contributed by atoms with Crippen LogP contribution in [0.5, 0.6) is 0 Å². The molecule has 0 aliphatic carbocycles. The van der Waals surface area contributed by atoms with Crippen LogP contribution in [0.25, 0.3) is 0 Å². The lowest BCUT2D eigenvalue weighted by atomic mass is 10.3. The highest BCUT2D eigenvalue weighted by molar-refractivity contribution is 7.99. The fourth-order valence-electron chi connectivity index (χ4n) is 1.65. The Labute approximate surface area is 125 Å². The first-order chi connectivity index (χ1) is 9.83. The van der Waals surface area contributed by atoms with Gasteiger partial charge in [0, 0.05) is 18.6 Å². The molecular weight excluding hydrogens is 294 g/mol. The minimum atomic E-state index is 0.518. The molecule has 0 aliphatic rings. The van der Waals surface area contributed by atoms with Crippen molar-refractivity contribution in [3.05, 3.63) is 60.0 Å². The molecule has 0 amide bonds. The predicted octanol–water partition coefficient (Wildman–Crippen LogP) is 2.92. The van der Waals surface area contributed by atoms with Crippen LogP contribution in [0.2, 0.25) is 5.02 Å². The van der Waals surface area contributed by atoms with Crippen LogP contribution in [0.15, 0.2) is 59.5 Å². The molecule has 100 valence electrons. The van der Waals surface area contributed by atoms with Crippen LogP contribution in [0.3, 0.4) is 0 Å². The van der Waals surface area contributed by atoms with E-state index in [1.165, 1.54) is 18.1 Å². The molecule has 0 saturated carbocycles. The first-order valence-electron chi connectivity index (χ1n) is 5.87. The van der Waals surface area contributed by atoms with E-state index in [1.807, 2.05) is 29.0 Å². The van der Waals surface area contributed by atoms with Gasteiger partial charge in [0.2, 0.25) is 0 Å². The van der Waals surface area contributed by atoms with Gasteiger partial charge in [0.25, 0.3) is 0 Å². The highest BCUT2D eigenvalue weighted by Crippen LogP contribution is 2.29. The molecule has 0 atom stereocenters. The van der Waals surface area contributed by atoms with Gasteiger partial charge in [-0.3, -0.25) is 4.98 Å². The summed E-state index contributed by atoms with van der Waals surface area (Å²) in [5, 5.41) is 2.02. The predicted molar refractivity (Wildman–Crippen MR) is 76.7 cm³/mol. The topological polar surface area (TPSA) is 56.5 Å². The Morgan fingerprint density at radius 2 is 2.10 bits per heavy atom. The van der Waals surface area contributed by atoms with Crippen LogP contribution in [0.1, 0.15) is 5.69 Å². The third-order valence-electron chi connectivity index (χ3n) is 2.56. The van der Waals surface area contributed by atoms with Crippen LogP contribution < -0.4 is 0 Å². The fourth-order valence-corrected chi connectivity index (χ4v) is 2.65. The zero-order chi connectivity index (χ0) is 13.8. The van der Waals surface area contributed by atoms with Gasteiger partial charge in [0.1, 0.15) is 11.4 Å². The first kappa shape index (κ1) is 13.1. The van der Waals surface area contributed by atoms with Gasteiger partial charge in [-0.25, -0.2) is 15.0 Å². The Bertz CT molecular complexity index is 701. The van der Waals surface area contributed by atoms with Gasteiger partial charge in [0.05, 0.1) is 23.5 Å². The second kappa shape index (κ2) is 6.02. The maximum atomic E-state index is 6.06. The number of aromatic nitrogens is 5. The van der Waals surface area contributed by atoms with E-state index in [1.54, 1.807) is 18.6 Å². The van der Waals surface area contributed by atoms with Crippen molar-refractivity contribution in [2.45, 2.75) is 16.7 Å². The molecule has 5 nitrogen and oxygen atoms in total. The van der Waals surface area contributed by atoms with Gasteiger partial charge in [-0.2, -0.15) is 0 Å². The number of rotatable bonds is 4. The highest BCUT2D eigenvalue weighted by atomic mass is 35.5. The molecule has 3 rings (SSSR count).